The number of rotatable bonds is 8. The zero-order valence-corrected chi connectivity index (χ0v) is 24.9. The Kier molecular flexibility index (Phi) is 8.07. The fraction of sp³-hybridized carbons (Fsp3) is 0.258. The van der Waals surface area contributed by atoms with Crippen molar-refractivity contribution in [2.75, 3.05) is 5.32 Å². The van der Waals surface area contributed by atoms with Gasteiger partial charge in [-0.3, -0.25) is 14.2 Å². The van der Waals surface area contributed by atoms with Gasteiger partial charge in [0.25, 0.3) is 5.56 Å². The summed E-state index contributed by atoms with van der Waals surface area (Å²) in [5.74, 6) is -0.127. The second-order valence-electron chi connectivity index (χ2n) is 10.5. The van der Waals surface area contributed by atoms with Crippen molar-refractivity contribution in [2.45, 2.75) is 56.5 Å². The number of aryl methyl sites for hydroxylation is 1. The molecule has 5 aromatic rings. The number of benzene rings is 2. The second-order valence-corrected chi connectivity index (χ2v) is 13.6. The van der Waals surface area contributed by atoms with E-state index in [2.05, 4.69) is 38.2 Å². The molecular weight excluding hydrogens is 543 g/mol. The molecular formula is C31H31N3O2S3. The lowest BCUT2D eigenvalue weighted by molar-refractivity contribution is -0.115. The Morgan fingerprint density at radius 3 is 2.44 bits per heavy atom. The summed E-state index contributed by atoms with van der Waals surface area (Å²) in [4.78, 5) is 33.8. The Labute approximate surface area is 240 Å². The van der Waals surface area contributed by atoms with Gasteiger partial charge in [0.05, 0.1) is 10.6 Å². The third-order valence-corrected chi connectivity index (χ3v) is 9.45. The lowest BCUT2D eigenvalue weighted by atomic mass is 9.87. The molecule has 0 radical (unpaired) electrons. The van der Waals surface area contributed by atoms with Crippen molar-refractivity contribution in [3.63, 3.8) is 0 Å². The van der Waals surface area contributed by atoms with Gasteiger partial charge in [-0.2, -0.15) is 0 Å². The maximum absolute atomic E-state index is 13.9. The van der Waals surface area contributed by atoms with Gasteiger partial charge < -0.3 is 5.32 Å². The molecule has 0 unspecified atom stereocenters. The quantitative estimate of drug-likeness (QED) is 0.152. The van der Waals surface area contributed by atoms with Gasteiger partial charge in [-0.05, 0) is 53.5 Å². The summed E-state index contributed by atoms with van der Waals surface area (Å²) in [5.41, 5.74) is 4.02. The molecule has 3 heterocycles. The van der Waals surface area contributed by atoms with Crippen LogP contribution in [0.3, 0.4) is 0 Å². The van der Waals surface area contributed by atoms with Gasteiger partial charge in [0.2, 0.25) is 5.91 Å². The van der Waals surface area contributed by atoms with Gasteiger partial charge in [-0.25, -0.2) is 4.98 Å². The predicted octanol–water partition coefficient (Wildman–Crippen LogP) is 7.85. The van der Waals surface area contributed by atoms with Crippen LogP contribution in [-0.2, 0) is 23.2 Å². The molecule has 1 atom stereocenters. The van der Waals surface area contributed by atoms with E-state index in [0.717, 1.165) is 21.7 Å². The highest BCUT2D eigenvalue weighted by molar-refractivity contribution is 8.00. The third kappa shape index (κ3) is 6.19. The number of nitrogens with one attached hydrogen (secondary N) is 1. The van der Waals surface area contributed by atoms with Crippen LogP contribution < -0.4 is 10.9 Å². The van der Waals surface area contributed by atoms with Crippen molar-refractivity contribution in [1.29, 1.82) is 0 Å². The highest BCUT2D eigenvalue weighted by Crippen LogP contribution is 2.35. The molecule has 1 N–H and O–H groups in total. The number of carbonyl (C=O) groups is 1. The maximum Gasteiger partial charge on any atom is 0.263 e. The first kappa shape index (κ1) is 27.4. The van der Waals surface area contributed by atoms with Gasteiger partial charge in [0.15, 0.2) is 5.16 Å². The zero-order chi connectivity index (χ0) is 27.6. The van der Waals surface area contributed by atoms with E-state index in [1.807, 2.05) is 72.3 Å². The molecule has 0 saturated carbocycles. The van der Waals surface area contributed by atoms with E-state index < -0.39 is 5.25 Å². The monoisotopic (exact) mass is 573 g/mol. The van der Waals surface area contributed by atoms with Crippen LogP contribution in [0.1, 0.15) is 38.8 Å². The lowest BCUT2D eigenvalue weighted by Crippen LogP contribution is -2.27. The predicted molar refractivity (Wildman–Crippen MR) is 166 cm³/mol. The molecule has 5 rings (SSSR count). The van der Waals surface area contributed by atoms with Crippen LogP contribution in [0.2, 0.25) is 0 Å². The summed E-state index contributed by atoms with van der Waals surface area (Å²) >= 11 is 4.41. The number of hydrogen-bond acceptors (Lipinski definition) is 6. The van der Waals surface area contributed by atoms with Crippen LogP contribution in [0, 0.1) is 0 Å². The van der Waals surface area contributed by atoms with Gasteiger partial charge in [-0.15, -0.1) is 22.7 Å². The number of fused-ring (bicyclic) bond motifs is 1. The average Bonchev–Trinajstić information content (AvgIpc) is 3.59. The minimum atomic E-state index is -0.448. The number of thiophene rings is 2. The van der Waals surface area contributed by atoms with Crippen molar-refractivity contribution in [3.8, 4) is 10.4 Å². The smallest absolute Gasteiger partial charge is 0.263 e. The fourth-order valence-electron chi connectivity index (χ4n) is 4.30. The normalized spacial score (nSPS) is 12.5. The molecule has 3 aromatic heterocycles. The molecule has 2 aromatic carbocycles. The molecule has 200 valence electrons. The molecule has 0 aliphatic rings. The standard InChI is InChI=1S/C31H31N3O2S3/c1-20(27(35)32-23-14-12-22(13-15-23)31(2,3)4)39-30-33-28-26(24(19-38-28)25-11-8-18-37-25)29(36)34(30)17-16-21-9-6-5-7-10-21/h5-15,18-20H,16-17H2,1-4H3,(H,32,35)/t20-/m1/s1. The molecule has 0 bridgehead atoms. The Bertz CT molecular complexity index is 1630. The summed E-state index contributed by atoms with van der Waals surface area (Å²) in [6.07, 6.45) is 0.695. The van der Waals surface area contributed by atoms with Gasteiger partial charge in [0, 0.05) is 28.1 Å². The van der Waals surface area contributed by atoms with Gasteiger partial charge in [0.1, 0.15) is 4.83 Å². The first-order valence-electron chi connectivity index (χ1n) is 12.9. The first-order chi connectivity index (χ1) is 18.7. The van der Waals surface area contributed by atoms with E-state index in [4.69, 9.17) is 4.98 Å². The van der Waals surface area contributed by atoms with E-state index in [0.29, 0.717) is 28.3 Å². The molecule has 0 aliphatic carbocycles. The molecule has 8 heteroatoms. The molecule has 1 amide bonds. The number of hydrogen-bond donors (Lipinski definition) is 1. The van der Waals surface area contributed by atoms with E-state index in [1.54, 1.807) is 15.9 Å². The minimum Gasteiger partial charge on any atom is -0.325 e. The van der Waals surface area contributed by atoms with Crippen LogP contribution in [0.25, 0.3) is 20.7 Å². The van der Waals surface area contributed by atoms with Crippen molar-refractivity contribution in [1.82, 2.24) is 9.55 Å². The SMILES string of the molecule is C[C@@H](Sc1nc2scc(-c3cccs3)c2c(=O)n1CCc1ccccc1)C(=O)Nc1ccc(C(C)(C)C)cc1. The van der Waals surface area contributed by atoms with E-state index in [1.165, 1.54) is 28.7 Å². The Hall–Kier alpha value is -3.20. The topological polar surface area (TPSA) is 64.0 Å². The summed E-state index contributed by atoms with van der Waals surface area (Å²) in [6.45, 7) is 8.83. The van der Waals surface area contributed by atoms with Crippen LogP contribution in [0.4, 0.5) is 5.69 Å². The highest BCUT2D eigenvalue weighted by Gasteiger charge is 2.22. The highest BCUT2D eigenvalue weighted by atomic mass is 32.2. The largest absolute Gasteiger partial charge is 0.325 e. The lowest BCUT2D eigenvalue weighted by Gasteiger charge is -2.19. The van der Waals surface area contributed by atoms with E-state index in [-0.39, 0.29) is 16.9 Å². The molecule has 0 aliphatic heterocycles. The summed E-state index contributed by atoms with van der Waals surface area (Å²) in [6, 6.07) is 22.1. The molecule has 0 spiro atoms. The Morgan fingerprint density at radius 2 is 1.77 bits per heavy atom. The first-order valence-corrected chi connectivity index (χ1v) is 15.5. The van der Waals surface area contributed by atoms with E-state index >= 15 is 0 Å². The molecule has 0 saturated heterocycles. The average molecular weight is 574 g/mol. The summed E-state index contributed by atoms with van der Waals surface area (Å²) in [7, 11) is 0. The molecule has 39 heavy (non-hydrogen) atoms. The van der Waals surface area contributed by atoms with Crippen molar-refractivity contribution in [2.24, 2.45) is 0 Å². The van der Waals surface area contributed by atoms with Crippen LogP contribution in [-0.4, -0.2) is 20.7 Å². The van der Waals surface area contributed by atoms with Crippen LogP contribution in [0.15, 0.2) is 87.4 Å². The molecule has 0 fully saturated rings. The maximum atomic E-state index is 13.9. The number of carbonyl (C=O) groups excluding carboxylic acids is 1. The van der Waals surface area contributed by atoms with E-state index in [9.17, 15) is 9.59 Å². The summed E-state index contributed by atoms with van der Waals surface area (Å²) < 4.78 is 1.74. The number of amides is 1. The minimum absolute atomic E-state index is 0.0462. The fourth-order valence-corrected chi connectivity index (χ4v) is 7.04. The Morgan fingerprint density at radius 1 is 1.03 bits per heavy atom. The van der Waals surface area contributed by atoms with Crippen LogP contribution >= 0.6 is 34.4 Å². The van der Waals surface area contributed by atoms with Crippen molar-refractivity contribution in [3.05, 3.63) is 99.0 Å². The third-order valence-electron chi connectivity index (χ3n) is 6.58. The van der Waals surface area contributed by atoms with Crippen molar-refractivity contribution < 1.29 is 4.79 Å². The van der Waals surface area contributed by atoms with Crippen molar-refractivity contribution >= 4 is 56.2 Å². The number of thioether (sulfide) groups is 1. The van der Waals surface area contributed by atoms with Gasteiger partial charge >= 0.3 is 0 Å². The van der Waals surface area contributed by atoms with Crippen LogP contribution in [0.5, 0.6) is 0 Å². The molecule has 5 nitrogen and oxygen atoms in total. The second kappa shape index (κ2) is 11.5. The Balaban J connectivity index is 1.43. The number of aromatic nitrogens is 2. The number of anilines is 1. The zero-order valence-electron chi connectivity index (χ0n) is 22.4. The summed E-state index contributed by atoms with van der Waals surface area (Å²) in [5, 5.41) is 7.81. The van der Waals surface area contributed by atoms with Gasteiger partial charge in [-0.1, -0.05) is 81.1 Å². The number of nitrogens with zero attached hydrogens (tertiary/aromatic N) is 2.